The maximum Gasteiger partial charge on any atom is 0.313 e. The Kier molecular flexibility index (Phi) is 2.84. The fourth-order valence-electron chi connectivity index (χ4n) is 0.329. The number of carboxylic acid groups (broad SMARTS) is 1. The van der Waals surface area contributed by atoms with Crippen LogP contribution in [0.3, 0.4) is 0 Å². The van der Waals surface area contributed by atoms with E-state index in [2.05, 4.69) is 0 Å². The average Bonchev–Trinajstić information content (AvgIpc) is 1.69. The molecule has 0 unspecified atom stereocenters. The molecule has 46 valence electrons. The molecule has 3 heteroatoms. The molecule has 1 atom stereocenters. The first kappa shape index (κ1) is 7.14. The lowest BCUT2D eigenvalue weighted by atomic mass is 10.1. The number of carbonyl (C=O) groups excluding carboxylic acids is 1. The number of carbonyl (C=O) groups is 2. The van der Waals surface area contributed by atoms with E-state index < -0.39 is 11.9 Å². The van der Waals surface area contributed by atoms with E-state index in [1.165, 1.54) is 0 Å². The van der Waals surface area contributed by atoms with Gasteiger partial charge in [0.1, 0.15) is 12.2 Å². The molecule has 0 aromatic heterocycles. The molecule has 0 radical (unpaired) electrons. The van der Waals surface area contributed by atoms with Crippen molar-refractivity contribution in [1.29, 1.82) is 0 Å². The van der Waals surface area contributed by atoms with Crippen molar-refractivity contribution in [3.63, 3.8) is 0 Å². The van der Waals surface area contributed by atoms with E-state index in [1.54, 1.807) is 6.92 Å². The van der Waals surface area contributed by atoms with Crippen LogP contribution < -0.4 is 0 Å². The van der Waals surface area contributed by atoms with Crippen LogP contribution in [0.25, 0.3) is 0 Å². The van der Waals surface area contributed by atoms with Gasteiger partial charge in [-0.3, -0.25) is 4.79 Å². The van der Waals surface area contributed by atoms with E-state index in [-0.39, 0.29) is 0 Å². The smallest absolute Gasteiger partial charge is 0.313 e. The molecule has 1 N–H and O–H groups in total. The zero-order chi connectivity index (χ0) is 6.57. The SMILES string of the molecule is CC[C@@H](C=O)C(=O)O. The molecular formula is C5H8O3. The molecular weight excluding hydrogens is 108 g/mol. The van der Waals surface area contributed by atoms with E-state index in [1.807, 2.05) is 0 Å². The lowest BCUT2D eigenvalue weighted by molar-refractivity contribution is -0.143. The fraction of sp³-hybridized carbons (Fsp3) is 0.600. The molecule has 0 aliphatic carbocycles. The van der Waals surface area contributed by atoms with Crippen LogP contribution in [-0.2, 0) is 9.59 Å². The van der Waals surface area contributed by atoms with Gasteiger partial charge in [0.15, 0.2) is 0 Å². The third-order valence-corrected chi connectivity index (χ3v) is 0.921. The molecule has 0 heterocycles. The summed E-state index contributed by atoms with van der Waals surface area (Å²) in [5.74, 6) is -1.85. The minimum absolute atomic E-state index is 0.374. The lowest BCUT2D eigenvalue weighted by Gasteiger charge is -1.95. The summed E-state index contributed by atoms with van der Waals surface area (Å²) in [6.07, 6.45) is 0.821. The number of rotatable bonds is 3. The summed E-state index contributed by atoms with van der Waals surface area (Å²) in [4.78, 5) is 19.7. The largest absolute Gasteiger partial charge is 0.481 e. The average molecular weight is 116 g/mol. The minimum Gasteiger partial charge on any atom is -0.481 e. The quantitative estimate of drug-likeness (QED) is 0.426. The first-order valence-corrected chi connectivity index (χ1v) is 2.40. The predicted molar refractivity (Wildman–Crippen MR) is 27.5 cm³/mol. The Bertz CT molecular complexity index is 97.8. The van der Waals surface area contributed by atoms with Crippen LogP contribution >= 0.6 is 0 Å². The molecule has 0 bridgehead atoms. The fourth-order valence-corrected chi connectivity index (χ4v) is 0.329. The van der Waals surface area contributed by atoms with Gasteiger partial charge in [0, 0.05) is 0 Å². The van der Waals surface area contributed by atoms with Crippen LogP contribution in [0.15, 0.2) is 0 Å². The van der Waals surface area contributed by atoms with Gasteiger partial charge >= 0.3 is 5.97 Å². The van der Waals surface area contributed by atoms with Crippen molar-refractivity contribution in [2.75, 3.05) is 0 Å². The van der Waals surface area contributed by atoms with Crippen molar-refractivity contribution in [3.8, 4) is 0 Å². The van der Waals surface area contributed by atoms with Crippen molar-refractivity contribution in [2.24, 2.45) is 5.92 Å². The van der Waals surface area contributed by atoms with Gasteiger partial charge in [0.2, 0.25) is 0 Å². The number of carboxylic acids is 1. The second-order valence-electron chi connectivity index (χ2n) is 1.49. The molecule has 0 aromatic rings. The maximum absolute atomic E-state index is 9.93. The second-order valence-corrected chi connectivity index (χ2v) is 1.49. The summed E-state index contributed by atoms with van der Waals surface area (Å²) in [5.41, 5.74) is 0. The van der Waals surface area contributed by atoms with Crippen LogP contribution in [0, 0.1) is 5.92 Å². The summed E-state index contributed by atoms with van der Waals surface area (Å²) >= 11 is 0. The monoisotopic (exact) mass is 116 g/mol. The van der Waals surface area contributed by atoms with Crippen LogP contribution in [0.2, 0.25) is 0 Å². The normalized spacial score (nSPS) is 12.6. The highest BCUT2D eigenvalue weighted by atomic mass is 16.4. The van der Waals surface area contributed by atoms with Gasteiger partial charge < -0.3 is 9.90 Å². The standard InChI is InChI=1S/C5H8O3/c1-2-4(3-6)5(7)8/h3-4H,2H2,1H3,(H,7,8)/t4-/m0/s1. The summed E-state index contributed by atoms with van der Waals surface area (Å²) in [6, 6.07) is 0. The van der Waals surface area contributed by atoms with E-state index >= 15 is 0 Å². The predicted octanol–water partition coefficient (Wildman–Crippen LogP) is 0.296. The summed E-state index contributed by atoms with van der Waals surface area (Å²) in [6.45, 7) is 1.66. The number of aliphatic carboxylic acids is 1. The van der Waals surface area contributed by atoms with Crippen molar-refractivity contribution < 1.29 is 14.7 Å². The topological polar surface area (TPSA) is 54.4 Å². The van der Waals surface area contributed by atoms with Crippen LogP contribution in [0.5, 0.6) is 0 Å². The highest BCUT2D eigenvalue weighted by Crippen LogP contribution is 1.95. The van der Waals surface area contributed by atoms with Gasteiger partial charge in [-0.05, 0) is 6.42 Å². The van der Waals surface area contributed by atoms with Gasteiger partial charge in [-0.1, -0.05) is 6.92 Å². The summed E-state index contributed by atoms with van der Waals surface area (Å²) < 4.78 is 0. The third-order valence-electron chi connectivity index (χ3n) is 0.921. The van der Waals surface area contributed by atoms with Gasteiger partial charge in [0.05, 0.1) is 0 Å². The minimum atomic E-state index is -1.04. The highest BCUT2D eigenvalue weighted by molar-refractivity contribution is 5.86. The molecule has 0 rings (SSSR count). The Balaban J connectivity index is 3.69. The maximum atomic E-state index is 9.93. The van der Waals surface area contributed by atoms with Gasteiger partial charge in [-0.2, -0.15) is 0 Å². The zero-order valence-corrected chi connectivity index (χ0v) is 4.63. The van der Waals surface area contributed by atoms with Gasteiger partial charge in [-0.25, -0.2) is 0 Å². The summed E-state index contributed by atoms with van der Waals surface area (Å²) in [7, 11) is 0. The van der Waals surface area contributed by atoms with Crippen LogP contribution in [0.4, 0.5) is 0 Å². The number of hydrogen-bond acceptors (Lipinski definition) is 2. The number of aldehydes is 1. The first-order valence-electron chi connectivity index (χ1n) is 2.40. The zero-order valence-electron chi connectivity index (χ0n) is 4.63. The molecule has 0 saturated heterocycles. The second kappa shape index (κ2) is 3.18. The van der Waals surface area contributed by atoms with Crippen LogP contribution in [0.1, 0.15) is 13.3 Å². The Hall–Kier alpha value is -0.860. The van der Waals surface area contributed by atoms with Crippen molar-refractivity contribution >= 4 is 12.3 Å². The van der Waals surface area contributed by atoms with E-state index in [4.69, 9.17) is 5.11 Å². The summed E-state index contributed by atoms with van der Waals surface area (Å²) in [5, 5.41) is 8.14. The van der Waals surface area contributed by atoms with Crippen molar-refractivity contribution in [3.05, 3.63) is 0 Å². The van der Waals surface area contributed by atoms with Crippen molar-refractivity contribution in [1.82, 2.24) is 0 Å². The van der Waals surface area contributed by atoms with Gasteiger partial charge in [-0.15, -0.1) is 0 Å². The molecule has 0 amide bonds. The third kappa shape index (κ3) is 1.73. The Morgan fingerprint density at radius 2 is 2.38 bits per heavy atom. The molecule has 0 aliphatic rings. The highest BCUT2D eigenvalue weighted by Gasteiger charge is 2.11. The Morgan fingerprint density at radius 1 is 1.88 bits per heavy atom. The van der Waals surface area contributed by atoms with Crippen molar-refractivity contribution in [2.45, 2.75) is 13.3 Å². The van der Waals surface area contributed by atoms with E-state index in [0.717, 1.165) is 0 Å². The lowest BCUT2D eigenvalue weighted by Crippen LogP contribution is -2.12. The molecule has 0 aromatic carbocycles. The molecule has 0 aliphatic heterocycles. The molecule has 0 spiro atoms. The molecule has 3 nitrogen and oxygen atoms in total. The first-order chi connectivity index (χ1) is 3.72. The number of hydrogen-bond donors (Lipinski definition) is 1. The Labute approximate surface area is 47.3 Å². The van der Waals surface area contributed by atoms with Crippen LogP contribution in [-0.4, -0.2) is 17.4 Å². The Morgan fingerprint density at radius 3 is 2.38 bits per heavy atom. The molecule has 8 heavy (non-hydrogen) atoms. The van der Waals surface area contributed by atoms with Gasteiger partial charge in [0.25, 0.3) is 0 Å². The van der Waals surface area contributed by atoms with E-state index in [0.29, 0.717) is 12.7 Å². The molecule has 0 fully saturated rings. The van der Waals surface area contributed by atoms with E-state index in [9.17, 15) is 9.59 Å². The molecule has 0 saturated carbocycles.